The van der Waals surface area contributed by atoms with Gasteiger partial charge in [-0.15, -0.1) is 0 Å². The summed E-state index contributed by atoms with van der Waals surface area (Å²) in [6.07, 6.45) is 0.711. The normalized spacial score (nSPS) is 20.2. The quantitative estimate of drug-likeness (QED) is 0.628. The first-order valence-corrected chi connectivity index (χ1v) is 12.5. The van der Waals surface area contributed by atoms with Crippen molar-refractivity contribution in [2.45, 2.75) is 17.4 Å². The van der Waals surface area contributed by atoms with Crippen LogP contribution in [0.25, 0.3) is 0 Å². The molecule has 11 heteroatoms. The number of amides is 1. The Morgan fingerprint density at radius 1 is 1.03 bits per heavy atom. The second-order valence-electron chi connectivity index (χ2n) is 8.68. The number of hydrogen-bond acceptors (Lipinski definition) is 8. The summed E-state index contributed by atoms with van der Waals surface area (Å²) in [4.78, 5) is 18.7. The number of nitrogens with zero attached hydrogens (tertiary/aromatic N) is 3. The summed E-state index contributed by atoms with van der Waals surface area (Å²) in [5, 5.41) is 10.8. The maximum absolute atomic E-state index is 13.2. The summed E-state index contributed by atoms with van der Waals surface area (Å²) in [6.45, 7) is 2.20. The molecule has 5 heterocycles. The Morgan fingerprint density at radius 3 is 2.59 bits per heavy atom. The maximum Gasteiger partial charge on any atom is 0.257 e. The Hall–Kier alpha value is -3.15. The van der Waals surface area contributed by atoms with Crippen molar-refractivity contribution in [3.63, 3.8) is 0 Å². The Morgan fingerprint density at radius 2 is 1.79 bits per heavy atom. The van der Waals surface area contributed by atoms with Gasteiger partial charge in [-0.05, 0) is 16.7 Å². The van der Waals surface area contributed by atoms with Gasteiger partial charge in [0.25, 0.3) is 11.8 Å². The van der Waals surface area contributed by atoms with Gasteiger partial charge in [-0.3, -0.25) is 4.79 Å². The molecule has 0 saturated carbocycles. The SMILES string of the molecule is O=C([C@@H](O)c1cccc2c1OCC2)N1CC2=C(C1)CN(S(=O)(=O)c1cnc3c(c1)OCCO3)C2. The highest BCUT2D eigenvalue weighted by atomic mass is 32.2. The Balaban J connectivity index is 1.14. The lowest BCUT2D eigenvalue weighted by Crippen LogP contribution is -2.38. The molecule has 1 aromatic carbocycles. The monoisotopic (exact) mass is 485 g/mol. The summed E-state index contributed by atoms with van der Waals surface area (Å²) < 4.78 is 44.2. The average molecular weight is 486 g/mol. The molecule has 1 N–H and O–H groups in total. The van der Waals surface area contributed by atoms with Crippen LogP contribution in [0.1, 0.15) is 17.2 Å². The van der Waals surface area contributed by atoms with E-state index in [0.29, 0.717) is 36.9 Å². The van der Waals surface area contributed by atoms with E-state index in [4.69, 9.17) is 14.2 Å². The van der Waals surface area contributed by atoms with Gasteiger partial charge in [-0.25, -0.2) is 13.4 Å². The number of carbonyl (C=O) groups is 1. The Labute approximate surface area is 196 Å². The van der Waals surface area contributed by atoms with Gasteiger partial charge in [-0.1, -0.05) is 18.2 Å². The van der Waals surface area contributed by atoms with Crippen LogP contribution in [-0.2, 0) is 21.2 Å². The number of rotatable bonds is 4. The van der Waals surface area contributed by atoms with Crippen molar-refractivity contribution in [2.75, 3.05) is 46.0 Å². The molecule has 4 aliphatic rings. The van der Waals surface area contributed by atoms with Gasteiger partial charge in [0.15, 0.2) is 11.9 Å². The van der Waals surface area contributed by atoms with E-state index >= 15 is 0 Å². The molecule has 1 aromatic heterocycles. The van der Waals surface area contributed by atoms with Gasteiger partial charge in [0.1, 0.15) is 23.9 Å². The second-order valence-corrected chi connectivity index (χ2v) is 10.6. The summed E-state index contributed by atoms with van der Waals surface area (Å²) in [6, 6.07) is 6.89. The van der Waals surface area contributed by atoms with E-state index in [-0.39, 0.29) is 37.0 Å². The van der Waals surface area contributed by atoms with Gasteiger partial charge in [0.2, 0.25) is 10.0 Å². The minimum atomic E-state index is -3.79. The molecule has 0 bridgehead atoms. The summed E-state index contributed by atoms with van der Waals surface area (Å²) >= 11 is 0. The third-order valence-corrected chi connectivity index (χ3v) is 8.35. The molecule has 0 fully saturated rings. The number of aliphatic hydroxyl groups excluding tert-OH is 1. The van der Waals surface area contributed by atoms with Gasteiger partial charge in [0, 0.05) is 44.2 Å². The predicted octanol–water partition coefficient (Wildman–Crippen LogP) is 0.664. The van der Waals surface area contributed by atoms with Crippen molar-refractivity contribution in [3.8, 4) is 17.4 Å². The molecule has 6 rings (SSSR count). The summed E-state index contributed by atoms with van der Waals surface area (Å²) in [5.41, 5.74) is 3.22. The van der Waals surface area contributed by atoms with Gasteiger partial charge in [0.05, 0.1) is 12.8 Å². The number of carbonyl (C=O) groups excluding carboxylic acids is 1. The molecule has 10 nitrogen and oxygen atoms in total. The molecule has 0 aliphatic carbocycles. The lowest BCUT2D eigenvalue weighted by Gasteiger charge is -2.25. The fourth-order valence-electron chi connectivity index (χ4n) is 4.84. The number of sulfonamides is 1. The first kappa shape index (κ1) is 21.4. The zero-order valence-corrected chi connectivity index (χ0v) is 19.1. The van der Waals surface area contributed by atoms with Crippen molar-refractivity contribution in [3.05, 3.63) is 52.7 Å². The van der Waals surface area contributed by atoms with Gasteiger partial charge in [-0.2, -0.15) is 4.31 Å². The van der Waals surface area contributed by atoms with E-state index < -0.39 is 22.0 Å². The van der Waals surface area contributed by atoms with Crippen LogP contribution in [-0.4, -0.2) is 79.6 Å². The number of pyridine rings is 1. The van der Waals surface area contributed by atoms with Crippen LogP contribution in [0.3, 0.4) is 0 Å². The summed E-state index contributed by atoms with van der Waals surface area (Å²) in [7, 11) is -3.79. The second kappa shape index (κ2) is 7.97. The van der Waals surface area contributed by atoms with Crippen LogP contribution in [0.2, 0.25) is 0 Å². The molecule has 0 spiro atoms. The topological polar surface area (TPSA) is 119 Å². The lowest BCUT2D eigenvalue weighted by molar-refractivity contribution is -0.139. The van der Waals surface area contributed by atoms with E-state index in [9.17, 15) is 18.3 Å². The van der Waals surface area contributed by atoms with Crippen LogP contribution >= 0.6 is 0 Å². The molecule has 0 radical (unpaired) electrons. The van der Waals surface area contributed by atoms with E-state index in [1.54, 1.807) is 11.0 Å². The molecule has 0 unspecified atom stereocenters. The van der Waals surface area contributed by atoms with Crippen LogP contribution in [0, 0.1) is 0 Å². The molecular formula is C23H23N3O7S. The zero-order chi connectivity index (χ0) is 23.4. The molecular weight excluding hydrogens is 462 g/mol. The molecule has 1 atom stereocenters. The van der Waals surface area contributed by atoms with Crippen molar-refractivity contribution >= 4 is 15.9 Å². The van der Waals surface area contributed by atoms with E-state index in [2.05, 4.69) is 4.98 Å². The summed E-state index contributed by atoms with van der Waals surface area (Å²) in [5.74, 6) is 0.778. The van der Waals surface area contributed by atoms with Crippen LogP contribution in [0.15, 0.2) is 46.5 Å². The van der Waals surface area contributed by atoms with E-state index in [1.807, 2.05) is 12.1 Å². The highest BCUT2D eigenvalue weighted by Crippen LogP contribution is 2.37. The number of fused-ring (bicyclic) bond motifs is 2. The van der Waals surface area contributed by atoms with Gasteiger partial charge < -0.3 is 24.2 Å². The Bertz CT molecular complexity index is 1310. The highest BCUT2D eigenvalue weighted by Gasteiger charge is 2.40. The van der Waals surface area contributed by atoms with Crippen molar-refractivity contribution in [2.24, 2.45) is 0 Å². The third-order valence-electron chi connectivity index (χ3n) is 6.59. The molecule has 1 amide bonds. The van der Waals surface area contributed by atoms with Crippen LogP contribution < -0.4 is 14.2 Å². The fourth-order valence-corrected chi connectivity index (χ4v) is 6.23. The number of aliphatic hydroxyl groups is 1. The third kappa shape index (κ3) is 3.42. The van der Waals surface area contributed by atoms with Crippen LogP contribution in [0.5, 0.6) is 17.4 Å². The number of benzene rings is 1. The number of aromatic nitrogens is 1. The molecule has 2 aromatic rings. The van der Waals surface area contributed by atoms with Crippen molar-refractivity contribution < 1.29 is 32.5 Å². The largest absolute Gasteiger partial charge is 0.493 e. The first-order chi connectivity index (χ1) is 16.4. The van der Waals surface area contributed by atoms with Crippen molar-refractivity contribution in [1.29, 1.82) is 0 Å². The smallest absolute Gasteiger partial charge is 0.257 e. The minimum Gasteiger partial charge on any atom is -0.493 e. The number of para-hydroxylation sites is 1. The average Bonchev–Trinajstić information content (AvgIpc) is 3.57. The zero-order valence-electron chi connectivity index (χ0n) is 18.3. The first-order valence-electron chi connectivity index (χ1n) is 11.1. The predicted molar refractivity (Wildman–Crippen MR) is 118 cm³/mol. The van der Waals surface area contributed by atoms with Crippen LogP contribution in [0.4, 0.5) is 0 Å². The molecule has 178 valence electrons. The van der Waals surface area contributed by atoms with E-state index in [1.165, 1.54) is 16.6 Å². The van der Waals surface area contributed by atoms with E-state index in [0.717, 1.165) is 23.1 Å². The van der Waals surface area contributed by atoms with Gasteiger partial charge >= 0.3 is 0 Å². The molecule has 0 saturated heterocycles. The minimum absolute atomic E-state index is 0.0409. The maximum atomic E-state index is 13.2. The lowest BCUT2D eigenvalue weighted by atomic mass is 10.0. The number of hydrogen-bond donors (Lipinski definition) is 1. The molecule has 34 heavy (non-hydrogen) atoms. The molecule has 4 aliphatic heterocycles. The number of ether oxygens (including phenoxy) is 3. The van der Waals surface area contributed by atoms with Crippen molar-refractivity contribution in [1.82, 2.24) is 14.2 Å². The standard InChI is InChI=1S/C23H23N3O7S/c27-20(18-3-1-2-14-4-5-32-21(14)18)23(28)25-10-15-12-26(13-16(15)11-25)34(29,30)17-8-19-22(24-9-17)33-7-6-31-19/h1-3,8-9,20,27H,4-7,10-13H2/t20-/m0/s1. The Kier molecular flexibility index (Phi) is 5.01. The highest BCUT2D eigenvalue weighted by molar-refractivity contribution is 7.89. The fraction of sp³-hybridized carbons (Fsp3) is 0.391.